The molecule has 0 spiro atoms. The van der Waals surface area contributed by atoms with Crippen LogP contribution < -0.4 is 0 Å². The molecular formula is C15H17NO4S2. The molecule has 0 bridgehead atoms. The average molecular weight is 339 g/mol. The van der Waals surface area contributed by atoms with Crippen LogP contribution in [0.4, 0.5) is 0 Å². The quantitative estimate of drug-likeness (QED) is 0.858. The SMILES string of the molecule is Cc1ccc(CN(C(=O)c2cccs2)[C@@H]2CCS(=O)(=O)C2)o1. The zero-order chi connectivity index (χ0) is 15.7. The molecule has 0 radical (unpaired) electrons. The topological polar surface area (TPSA) is 67.6 Å². The van der Waals surface area contributed by atoms with Crippen molar-refractivity contribution in [2.24, 2.45) is 0 Å². The molecule has 2 aromatic rings. The Kier molecular flexibility index (Phi) is 4.10. The number of hydrogen-bond acceptors (Lipinski definition) is 5. The maximum atomic E-state index is 12.7. The predicted molar refractivity (Wildman–Crippen MR) is 84.7 cm³/mol. The monoisotopic (exact) mass is 339 g/mol. The Hall–Kier alpha value is -1.60. The van der Waals surface area contributed by atoms with Crippen LogP contribution in [-0.2, 0) is 16.4 Å². The van der Waals surface area contributed by atoms with Crippen molar-refractivity contribution in [3.05, 3.63) is 46.0 Å². The molecule has 0 N–H and O–H groups in total. The van der Waals surface area contributed by atoms with Crippen LogP contribution in [0.2, 0.25) is 0 Å². The first-order chi connectivity index (χ1) is 10.4. The van der Waals surface area contributed by atoms with Crippen molar-refractivity contribution in [3.63, 3.8) is 0 Å². The Morgan fingerprint density at radius 1 is 1.41 bits per heavy atom. The number of nitrogens with zero attached hydrogens (tertiary/aromatic N) is 1. The number of hydrogen-bond donors (Lipinski definition) is 0. The Labute approximate surface area is 133 Å². The summed E-state index contributed by atoms with van der Waals surface area (Å²) in [5.74, 6) is 1.49. The summed E-state index contributed by atoms with van der Waals surface area (Å²) in [5.41, 5.74) is 0. The third kappa shape index (κ3) is 3.25. The Morgan fingerprint density at radius 3 is 2.77 bits per heavy atom. The van der Waals surface area contributed by atoms with Crippen molar-refractivity contribution in [1.82, 2.24) is 4.90 Å². The molecule has 5 nitrogen and oxygen atoms in total. The van der Waals surface area contributed by atoms with Gasteiger partial charge in [0.2, 0.25) is 0 Å². The van der Waals surface area contributed by atoms with Gasteiger partial charge in [-0.25, -0.2) is 8.42 Å². The highest BCUT2D eigenvalue weighted by Crippen LogP contribution is 2.24. The van der Waals surface area contributed by atoms with Gasteiger partial charge in [0.15, 0.2) is 9.84 Å². The molecule has 2 aromatic heterocycles. The maximum Gasteiger partial charge on any atom is 0.264 e. The average Bonchev–Trinajstić information content (AvgIpc) is 3.17. The van der Waals surface area contributed by atoms with Gasteiger partial charge >= 0.3 is 0 Å². The number of furan rings is 1. The van der Waals surface area contributed by atoms with Crippen molar-refractivity contribution in [2.75, 3.05) is 11.5 Å². The van der Waals surface area contributed by atoms with Gasteiger partial charge in [-0.2, -0.15) is 0 Å². The minimum absolute atomic E-state index is 0.0316. The molecule has 1 atom stereocenters. The molecule has 1 aliphatic rings. The fourth-order valence-corrected chi connectivity index (χ4v) is 5.08. The first-order valence-electron chi connectivity index (χ1n) is 7.05. The number of thiophene rings is 1. The Morgan fingerprint density at radius 2 is 2.23 bits per heavy atom. The lowest BCUT2D eigenvalue weighted by Crippen LogP contribution is -2.40. The fourth-order valence-electron chi connectivity index (χ4n) is 2.67. The second-order valence-corrected chi connectivity index (χ2v) is 8.66. The molecule has 1 amide bonds. The van der Waals surface area contributed by atoms with Crippen LogP contribution >= 0.6 is 11.3 Å². The zero-order valence-corrected chi connectivity index (χ0v) is 13.8. The van der Waals surface area contributed by atoms with E-state index in [9.17, 15) is 13.2 Å². The third-order valence-corrected chi connectivity index (χ3v) is 6.37. The molecule has 0 aliphatic carbocycles. The van der Waals surface area contributed by atoms with Crippen molar-refractivity contribution in [3.8, 4) is 0 Å². The van der Waals surface area contributed by atoms with Gasteiger partial charge in [-0.3, -0.25) is 4.79 Å². The first kappa shape index (κ1) is 15.3. The van der Waals surface area contributed by atoms with E-state index in [1.807, 2.05) is 30.5 Å². The van der Waals surface area contributed by atoms with Gasteiger partial charge in [0, 0.05) is 6.04 Å². The Balaban J connectivity index is 1.86. The Bertz CT molecular complexity index is 761. The third-order valence-electron chi connectivity index (χ3n) is 3.76. The van der Waals surface area contributed by atoms with Crippen molar-refractivity contribution in [1.29, 1.82) is 0 Å². The van der Waals surface area contributed by atoms with Crippen molar-refractivity contribution < 1.29 is 17.6 Å². The summed E-state index contributed by atoms with van der Waals surface area (Å²) >= 11 is 1.36. The van der Waals surface area contributed by atoms with Crippen LogP contribution in [0.5, 0.6) is 0 Å². The van der Waals surface area contributed by atoms with Crippen LogP contribution in [0.1, 0.15) is 27.6 Å². The highest BCUT2D eigenvalue weighted by molar-refractivity contribution is 7.91. The summed E-state index contributed by atoms with van der Waals surface area (Å²) in [7, 11) is -3.05. The van der Waals surface area contributed by atoms with Gasteiger partial charge in [-0.1, -0.05) is 6.07 Å². The maximum absolute atomic E-state index is 12.7. The molecule has 3 heterocycles. The van der Waals surface area contributed by atoms with Gasteiger partial charge in [0.25, 0.3) is 5.91 Å². The largest absolute Gasteiger partial charge is 0.464 e. The van der Waals surface area contributed by atoms with E-state index in [2.05, 4.69) is 0 Å². The summed E-state index contributed by atoms with van der Waals surface area (Å²) in [6, 6.07) is 6.96. The minimum Gasteiger partial charge on any atom is -0.464 e. The van der Waals surface area contributed by atoms with E-state index >= 15 is 0 Å². The van der Waals surface area contributed by atoms with Crippen LogP contribution in [0.3, 0.4) is 0 Å². The van der Waals surface area contributed by atoms with Gasteiger partial charge < -0.3 is 9.32 Å². The van der Waals surface area contributed by atoms with Gasteiger partial charge in [0.05, 0.1) is 22.9 Å². The molecule has 7 heteroatoms. The second kappa shape index (κ2) is 5.89. The first-order valence-corrected chi connectivity index (χ1v) is 9.75. The number of aryl methyl sites for hydroxylation is 1. The summed E-state index contributed by atoms with van der Waals surface area (Å²) in [5, 5.41) is 1.84. The van der Waals surface area contributed by atoms with Crippen molar-refractivity contribution in [2.45, 2.75) is 25.9 Å². The van der Waals surface area contributed by atoms with E-state index in [1.165, 1.54) is 11.3 Å². The van der Waals surface area contributed by atoms with Crippen LogP contribution in [0.25, 0.3) is 0 Å². The van der Waals surface area contributed by atoms with Gasteiger partial charge in [0.1, 0.15) is 11.5 Å². The van der Waals surface area contributed by atoms with E-state index in [0.717, 1.165) is 5.76 Å². The minimum atomic E-state index is -3.05. The number of carbonyl (C=O) groups is 1. The molecule has 1 fully saturated rings. The highest BCUT2D eigenvalue weighted by Gasteiger charge is 2.35. The summed E-state index contributed by atoms with van der Waals surface area (Å²) in [6.45, 7) is 2.14. The summed E-state index contributed by atoms with van der Waals surface area (Å²) in [4.78, 5) is 15.0. The van der Waals surface area contributed by atoms with E-state index in [-0.39, 0.29) is 23.5 Å². The van der Waals surface area contributed by atoms with Crippen LogP contribution in [0, 0.1) is 6.92 Å². The molecule has 1 aliphatic heterocycles. The molecule has 22 heavy (non-hydrogen) atoms. The molecule has 0 unspecified atom stereocenters. The number of rotatable bonds is 4. The number of sulfone groups is 1. The smallest absolute Gasteiger partial charge is 0.264 e. The highest BCUT2D eigenvalue weighted by atomic mass is 32.2. The number of carbonyl (C=O) groups excluding carboxylic acids is 1. The van der Waals surface area contributed by atoms with E-state index in [4.69, 9.17) is 4.42 Å². The molecule has 0 saturated carbocycles. The van der Waals surface area contributed by atoms with Gasteiger partial charge in [-0.05, 0) is 36.9 Å². The summed E-state index contributed by atoms with van der Waals surface area (Å²) < 4.78 is 29.1. The normalized spacial score (nSPS) is 20.1. The second-order valence-electron chi connectivity index (χ2n) is 5.48. The molecule has 0 aromatic carbocycles. The predicted octanol–water partition coefficient (Wildman–Crippen LogP) is 2.48. The summed E-state index contributed by atoms with van der Waals surface area (Å²) in [6.07, 6.45) is 0.485. The zero-order valence-electron chi connectivity index (χ0n) is 12.2. The van der Waals surface area contributed by atoms with E-state index < -0.39 is 9.84 Å². The fraction of sp³-hybridized carbons (Fsp3) is 0.400. The van der Waals surface area contributed by atoms with E-state index in [0.29, 0.717) is 23.6 Å². The van der Waals surface area contributed by atoms with Crippen molar-refractivity contribution >= 4 is 27.1 Å². The lowest BCUT2D eigenvalue weighted by Gasteiger charge is -2.27. The molecule has 3 rings (SSSR count). The number of amides is 1. The lowest BCUT2D eigenvalue weighted by molar-refractivity contribution is 0.0670. The molecule has 1 saturated heterocycles. The molecule has 118 valence electrons. The van der Waals surface area contributed by atoms with E-state index in [1.54, 1.807) is 11.0 Å². The standard InChI is InChI=1S/C15H17NO4S2/c1-11-4-5-13(20-11)9-16(12-6-8-22(18,19)10-12)15(17)14-3-2-7-21-14/h2-5,7,12H,6,8-10H2,1H3/t12-/m1/s1. The molecular weight excluding hydrogens is 322 g/mol. The van der Waals surface area contributed by atoms with Crippen LogP contribution in [-0.4, -0.2) is 36.8 Å². The van der Waals surface area contributed by atoms with Gasteiger partial charge in [-0.15, -0.1) is 11.3 Å². The van der Waals surface area contributed by atoms with Crippen LogP contribution in [0.15, 0.2) is 34.1 Å². The lowest BCUT2D eigenvalue weighted by atomic mass is 10.2.